The van der Waals surface area contributed by atoms with Crippen LogP contribution in [0.5, 0.6) is 0 Å². The summed E-state index contributed by atoms with van der Waals surface area (Å²) in [6, 6.07) is 6.16. The molecule has 0 aromatic heterocycles. The fraction of sp³-hybridized carbons (Fsp3) is 0.308. The highest BCUT2D eigenvalue weighted by Crippen LogP contribution is 2.15. The molecule has 7 heteroatoms. The Kier molecular flexibility index (Phi) is 5.67. The van der Waals surface area contributed by atoms with Crippen LogP contribution < -0.4 is 10.6 Å². The third-order valence-corrected chi connectivity index (χ3v) is 2.34. The van der Waals surface area contributed by atoms with Crippen LogP contribution in [-0.4, -0.2) is 42.6 Å². The number of aliphatic hydroxyl groups excluding tert-OH is 1. The number of carbonyl (C=O) groups is 3. The minimum absolute atomic E-state index is 0.0368. The molecule has 20 heavy (non-hydrogen) atoms. The molecule has 1 unspecified atom stereocenters. The third-order valence-electron chi connectivity index (χ3n) is 2.34. The fourth-order valence-corrected chi connectivity index (χ4v) is 1.38. The van der Waals surface area contributed by atoms with E-state index in [1.54, 1.807) is 12.1 Å². The number of amides is 2. The molecular formula is C13H16N2O5. The molecule has 7 nitrogen and oxygen atoms in total. The van der Waals surface area contributed by atoms with Crippen molar-refractivity contribution in [1.29, 1.82) is 0 Å². The van der Waals surface area contributed by atoms with Gasteiger partial charge in [-0.2, -0.15) is 0 Å². The Morgan fingerprint density at radius 1 is 1.25 bits per heavy atom. The summed E-state index contributed by atoms with van der Waals surface area (Å²) in [5.41, 5.74) is 0.322. The van der Waals surface area contributed by atoms with Crippen molar-refractivity contribution in [2.24, 2.45) is 0 Å². The summed E-state index contributed by atoms with van der Waals surface area (Å²) in [6.45, 7) is 1.44. The van der Waals surface area contributed by atoms with Gasteiger partial charge in [0.1, 0.15) is 0 Å². The van der Waals surface area contributed by atoms with Crippen LogP contribution in [0.3, 0.4) is 0 Å². The number of hydrogen-bond donors (Lipinski definition) is 3. The van der Waals surface area contributed by atoms with E-state index >= 15 is 0 Å². The van der Waals surface area contributed by atoms with Crippen molar-refractivity contribution in [3.05, 3.63) is 29.8 Å². The van der Waals surface area contributed by atoms with Crippen molar-refractivity contribution in [3.63, 3.8) is 0 Å². The summed E-state index contributed by atoms with van der Waals surface area (Å²) in [5, 5.41) is 13.6. The summed E-state index contributed by atoms with van der Waals surface area (Å²) in [5.74, 6) is -2.45. The predicted molar refractivity (Wildman–Crippen MR) is 71.1 cm³/mol. The van der Waals surface area contributed by atoms with E-state index in [1.807, 2.05) is 0 Å². The topological polar surface area (TPSA) is 105 Å². The molecule has 0 spiro atoms. The predicted octanol–water partition coefficient (Wildman–Crippen LogP) is -0.0913. The number of methoxy groups -OCH3 is 1. The first-order valence-electron chi connectivity index (χ1n) is 5.90. The number of anilines is 1. The van der Waals surface area contributed by atoms with Crippen LogP contribution in [0.4, 0.5) is 5.69 Å². The van der Waals surface area contributed by atoms with Gasteiger partial charge in [0.15, 0.2) is 0 Å². The van der Waals surface area contributed by atoms with Gasteiger partial charge in [0.25, 0.3) is 0 Å². The minimum Gasteiger partial charge on any atom is -0.465 e. The molecular weight excluding hydrogens is 264 g/mol. The second kappa shape index (κ2) is 7.25. The summed E-state index contributed by atoms with van der Waals surface area (Å²) >= 11 is 0. The maximum absolute atomic E-state index is 11.6. The zero-order chi connectivity index (χ0) is 15.1. The molecule has 1 atom stereocenters. The Morgan fingerprint density at radius 3 is 2.50 bits per heavy atom. The number of rotatable bonds is 4. The van der Waals surface area contributed by atoms with E-state index in [0.29, 0.717) is 0 Å². The van der Waals surface area contributed by atoms with Crippen LogP contribution in [0.2, 0.25) is 0 Å². The van der Waals surface area contributed by atoms with E-state index in [0.717, 1.165) is 0 Å². The van der Waals surface area contributed by atoms with Gasteiger partial charge in [0.2, 0.25) is 0 Å². The molecule has 1 aromatic rings. The van der Waals surface area contributed by atoms with Gasteiger partial charge in [-0.15, -0.1) is 0 Å². The van der Waals surface area contributed by atoms with Crippen LogP contribution in [0, 0.1) is 0 Å². The highest BCUT2D eigenvalue weighted by Gasteiger charge is 2.18. The molecule has 0 heterocycles. The van der Waals surface area contributed by atoms with Gasteiger partial charge in [-0.1, -0.05) is 12.1 Å². The Labute approximate surface area is 115 Å². The van der Waals surface area contributed by atoms with E-state index in [-0.39, 0.29) is 17.8 Å². The number of ether oxygens (including phenoxy) is 1. The lowest BCUT2D eigenvalue weighted by Gasteiger charge is -2.10. The van der Waals surface area contributed by atoms with Crippen LogP contribution in [0.15, 0.2) is 24.3 Å². The first kappa shape index (κ1) is 15.6. The van der Waals surface area contributed by atoms with Crippen molar-refractivity contribution >= 4 is 23.5 Å². The van der Waals surface area contributed by atoms with E-state index in [1.165, 1.54) is 26.2 Å². The standard InChI is InChI=1S/C13H16N2O5/c1-8(16)7-14-11(17)12(18)15-10-6-4-3-5-9(10)13(19)20-2/h3-6,8,16H,7H2,1-2H3,(H,14,17)(H,15,18). The normalized spacial score (nSPS) is 11.3. The van der Waals surface area contributed by atoms with Gasteiger partial charge >= 0.3 is 17.8 Å². The number of para-hydroxylation sites is 1. The highest BCUT2D eigenvalue weighted by molar-refractivity contribution is 6.40. The van der Waals surface area contributed by atoms with Crippen LogP contribution in [0.25, 0.3) is 0 Å². The van der Waals surface area contributed by atoms with E-state index in [4.69, 9.17) is 5.11 Å². The molecule has 108 valence electrons. The Morgan fingerprint density at radius 2 is 1.90 bits per heavy atom. The van der Waals surface area contributed by atoms with Gasteiger partial charge < -0.3 is 20.5 Å². The lowest BCUT2D eigenvalue weighted by Crippen LogP contribution is -2.39. The quantitative estimate of drug-likeness (QED) is 0.528. The molecule has 0 saturated carbocycles. The van der Waals surface area contributed by atoms with Gasteiger partial charge in [-0.25, -0.2) is 4.79 Å². The van der Waals surface area contributed by atoms with Crippen molar-refractivity contribution in [1.82, 2.24) is 5.32 Å². The summed E-state index contributed by atoms with van der Waals surface area (Å²) < 4.78 is 4.57. The molecule has 0 saturated heterocycles. The maximum atomic E-state index is 11.6. The van der Waals surface area contributed by atoms with Crippen LogP contribution in [-0.2, 0) is 14.3 Å². The summed E-state index contributed by atoms with van der Waals surface area (Å²) in [4.78, 5) is 34.6. The molecule has 0 bridgehead atoms. The zero-order valence-corrected chi connectivity index (χ0v) is 11.2. The zero-order valence-electron chi connectivity index (χ0n) is 11.2. The maximum Gasteiger partial charge on any atom is 0.339 e. The van der Waals surface area contributed by atoms with E-state index in [9.17, 15) is 14.4 Å². The highest BCUT2D eigenvalue weighted by atomic mass is 16.5. The monoisotopic (exact) mass is 280 g/mol. The van der Waals surface area contributed by atoms with Crippen molar-refractivity contribution in [2.75, 3.05) is 19.0 Å². The van der Waals surface area contributed by atoms with E-state index in [2.05, 4.69) is 15.4 Å². The van der Waals surface area contributed by atoms with Crippen molar-refractivity contribution in [3.8, 4) is 0 Å². The average Bonchev–Trinajstić information content (AvgIpc) is 2.44. The number of esters is 1. The van der Waals surface area contributed by atoms with Crippen LogP contribution in [0.1, 0.15) is 17.3 Å². The summed E-state index contributed by atoms with van der Waals surface area (Å²) in [6.07, 6.45) is -0.755. The van der Waals surface area contributed by atoms with Gasteiger partial charge in [0, 0.05) is 6.54 Å². The first-order chi connectivity index (χ1) is 9.45. The van der Waals surface area contributed by atoms with Gasteiger partial charge in [-0.05, 0) is 19.1 Å². The second-order valence-electron chi connectivity index (χ2n) is 4.05. The van der Waals surface area contributed by atoms with E-state index < -0.39 is 23.9 Å². The minimum atomic E-state index is -0.929. The van der Waals surface area contributed by atoms with Crippen molar-refractivity contribution in [2.45, 2.75) is 13.0 Å². The van der Waals surface area contributed by atoms with Crippen LogP contribution >= 0.6 is 0 Å². The molecule has 0 aliphatic carbocycles. The molecule has 1 rings (SSSR count). The Hall–Kier alpha value is -2.41. The SMILES string of the molecule is COC(=O)c1ccccc1NC(=O)C(=O)NCC(C)O. The van der Waals surface area contributed by atoms with Crippen molar-refractivity contribution < 1.29 is 24.2 Å². The molecule has 0 fully saturated rings. The number of benzene rings is 1. The number of nitrogens with one attached hydrogen (secondary N) is 2. The lowest BCUT2D eigenvalue weighted by atomic mass is 10.2. The Balaban J connectivity index is 2.76. The van der Waals surface area contributed by atoms with Gasteiger partial charge in [0.05, 0.1) is 24.5 Å². The molecule has 3 N–H and O–H groups in total. The molecule has 1 aromatic carbocycles. The van der Waals surface area contributed by atoms with Gasteiger partial charge in [-0.3, -0.25) is 9.59 Å². The fourth-order valence-electron chi connectivity index (χ4n) is 1.38. The molecule has 0 aliphatic heterocycles. The second-order valence-corrected chi connectivity index (χ2v) is 4.05. The first-order valence-corrected chi connectivity index (χ1v) is 5.90. The molecule has 2 amide bonds. The average molecular weight is 280 g/mol. The Bertz CT molecular complexity index is 513. The summed E-state index contributed by atoms with van der Waals surface area (Å²) in [7, 11) is 1.22. The lowest BCUT2D eigenvalue weighted by molar-refractivity contribution is -0.136. The number of carbonyl (C=O) groups excluding carboxylic acids is 3. The molecule has 0 radical (unpaired) electrons. The smallest absolute Gasteiger partial charge is 0.339 e. The third kappa shape index (κ3) is 4.36. The number of aliphatic hydroxyl groups is 1. The largest absolute Gasteiger partial charge is 0.465 e. The molecule has 0 aliphatic rings. The number of hydrogen-bond acceptors (Lipinski definition) is 5.